The fourth-order valence-corrected chi connectivity index (χ4v) is 1.85. The summed E-state index contributed by atoms with van der Waals surface area (Å²) in [6, 6.07) is 0. The Kier molecular flexibility index (Phi) is 3.43. The van der Waals surface area contributed by atoms with Gasteiger partial charge >= 0.3 is 0 Å². The normalized spacial score (nSPS) is 38.3. The first-order chi connectivity index (χ1) is 8.04. The molecular weight excluding hydrogens is 226 g/mol. The summed E-state index contributed by atoms with van der Waals surface area (Å²) in [5, 5.41) is 36.8. The molecule has 3 unspecified atom stereocenters. The third-order valence-electron chi connectivity index (χ3n) is 3.01. The van der Waals surface area contributed by atoms with Gasteiger partial charge in [0, 0.05) is 0 Å². The van der Waals surface area contributed by atoms with E-state index in [1.165, 1.54) is 4.68 Å². The van der Waals surface area contributed by atoms with Gasteiger partial charge in [0.25, 0.3) is 0 Å². The average molecular weight is 243 g/mol. The van der Waals surface area contributed by atoms with Gasteiger partial charge in [-0.1, -0.05) is 12.1 Å². The summed E-state index contributed by atoms with van der Waals surface area (Å²) in [5.74, 6) is 0. The van der Waals surface area contributed by atoms with Crippen LogP contribution >= 0.6 is 0 Å². The molecule has 0 spiro atoms. The zero-order valence-electron chi connectivity index (χ0n) is 9.76. The number of hydrogen-bond donors (Lipinski definition) is 3. The van der Waals surface area contributed by atoms with Crippen LogP contribution in [0.25, 0.3) is 0 Å². The highest BCUT2D eigenvalue weighted by Gasteiger charge is 2.43. The second-order valence-electron chi connectivity index (χ2n) is 4.25. The maximum Gasteiger partial charge on any atom is 0.180 e. The molecule has 2 rings (SSSR count). The molecule has 1 aromatic rings. The van der Waals surface area contributed by atoms with Crippen molar-refractivity contribution in [1.29, 1.82) is 0 Å². The number of hydrogen-bond acceptors (Lipinski definition) is 6. The van der Waals surface area contributed by atoms with E-state index in [1.54, 1.807) is 13.1 Å². The highest BCUT2D eigenvalue weighted by molar-refractivity contribution is 4.95. The fraction of sp³-hybridized carbons (Fsp3) is 0.800. The smallest absolute Gasteiger partial charge is 0.180 e. The molecule has 0 radical (unpaired) electrons. The van der Waals surface area contributed by atoms with E-state index in [9.17, 15) is 15.3 Å². The van der Waals surface area contributed by atoms with Crippen molar-refractivity contribution in [2.75, 3.05) is 0 Å². The molecule has 1 aromatic heterocycles. The van der Waals surface area contributed by atoms with Crippen molar-refractivity contribution in [2.45, 2.75) is 50.9 Å². The monoisotopic (exact) mass is 243 g/mol. The molecule has 0 saturated carbocycles. The molecule has 0 aromatic carbocycles. The van der Waals surface area contributed by atoms with E-state index in [-0.39, 0.29) is 0 Å². The van der Waals surface area contributed by atoms with Crippen LogP contribution < -0.4 is 0 Å². The van der Waals surface area contributed by atoms with Gasteiger partial charge in [0.1, 0.15) is 18.3 Å². The van der Waals surface area contributed by atoms with Crippen molar-refractivity contribution in [3.8, 4) is 0 Å². The second-order valence-corrected chi connectivity index (χ2v) is 4.25. The predicted molar refractivity (Wildman–Crippen MR) is 57.0 cm³/mol. The zero-order valence-corrected chi connectivity index (χ0v) is 9.76. The van der Waals surface area contributed by atoms with E-state index < -0.39 is 30.6 Å². The second kappa shape index (κ2) is 4.69. The van der Waals surface area contributed by atoms with Crippen LogP contribution in [0.5, 0.6) is 0 Å². The molecular formula is C10H17N3O4. The van der Waals surface area contributed by atoms with Crippen LogP contribution in [0.2, 0.25) is 0 Å². The Balaban J connectivity index is 2.20. The molecule has 2 heterocycles. The molecule has 0 aliphatic carbocycles. The molecule has 7 nitrogen and oxygen atoms in total. The number of ether oxygens (including phenoxy) is 1. The lowest BCUT2D eigenvalue weighted by Gasteiger charge is -2.38. The summed E-state index contributed by atoms with van der Waals surface area (Å²) < 4.78 is 6.80. The van der Waals surface area contributed by atoms with Crippen molar-refractivity contribution in [3.05, 3.63) is 11.9 Å². The first-order valence-corrected chi connectivity index (χ1v) is 5.65. The van der Waals surface area contributed by atoms with Gasteiger partial charge in [-0.05, 0) is 13.3 Å². The van der Waals surface area contributed by atoms with Crippen molar-refractivity contribution >= 4 is 0 Å². The van der Waals surface area contributed by atoms with Crippen LogP contribution in [0.3, 0.4) is 0 Å². The van der Waals surface area contributed by atoms with Crippen LogP contribution in [0.1, 0.15) is 25.8 Å². The zero-order chi connectivity index (χ0) is 12.6. The summed E-state index contributed by atoms with van der Waals surface area (Å²) >= 11 is 0. The Bertz CT molecular complexity index is 383. The van der Waals surface area contributed by atoms with Crippen molar-refractivity contribution in [1.82, 2.24) is 15.0 Å². The Morgan fingerprint density at radius 3 is 2.59 bits per heavy atom. The van der Waals surface area contributed by atoms with Gasteiger partial charge in [-0.3, -0.25) is 0 Å². The maximum atomic E-state index is 9.84. The molecule has 1 aliphatic heterocycles. The SMILES string of the molecule is CCc1cn(C2O[C@@H](C)C(O)C(O)[C@@H]2O)nn1. The summed E-state index contributed by atoms with van der Waals surface area (Å²) in [6.07, 6.45) is -2.60. The molecule has 17 heavy (non-hydrogen) atoms. The molecule has 1 fully saturated rings. The molecule has 7 heteroatoms. The summed E-state index contributed by atoms with van der Waals surface area (Å²) in [5.41, 5.74) is 0.772. The third-order valence-corrected chi connectivity index (χ3v) is 3.01. The lowest BCUT2D eigenvalue weighted by Crippen LogP contribution is -2.54. The number of aromatic nitrogens is 3. The topological polar surface area (TPSA) is 101 Å². The molecule has 1 aliphatic rings. The van der Waals surface area contributed by atoms with Gasteiger partial charge in [0.2, 0.25) is 0 Å². The van der Waals surface area contributed by atoms with E-state index in [2.05, 4.69) is 10.3 Å². The first-order valence-electron chi connectivity index (χ1n) is 5.65. The number of nitrogens with zero attached hydrogens (tertiary/aromatic N) is 3. The minimum absolute atomic E-state index is 0.576. The lowest BCUT2D eigenvalue weighted by molar-refractivity contribution is -0.243. The molecule has 96 valence electrons. The summed E-state index contributed by atoms with van der Waals surface area (Å²) in [4.78, 5) is 0. The van der Waals surface area contributed by atoms with Gasteiger partial charge in [-0.2, -0.15) is 0 Å². The van der Waals surface area contributed by atoms with E-state index >= 15 is 0 Å². The summed E-state index contributed by atoms with van der Waals surface area (Å²) in [7, 11) is 0. The van der Waals surface area contributed by atoms with Crippen molar-refractivity contribution in [3.63, 3.8) is 0 Å². The molecule has 0 amide bonds. The standard InChI is InChI=1S/C10H17N3O4/c1-3-6-4-13(12-11-6)10-9(16)8(15)7(14)5(2)17-10/h4-5,7-10,14-16H,3H2,1-2H3/t5-,7?,8?,9-,10?/m0/s1. The Labute approximate surface area is 98.6 Å². The van der Waals surface area contributed by atoms with Gasteiger partial charge in [-0.15, -0.1) is 5.10 Å². The molecule has 3 N–H and O–H groups in total. The summed E-state index contributed by atoms with van der Waals surface area (Å²) in [6.45, 7) is 3.57. The predicted octanol–water partition coefficient (Wildman–Crippen LogP) is -1.16. The van der Waals surface area contributed by atoms with Gasteiger partial charge < -0.3 is 20.1 Å². The number of aliphatic hydroxyl groups is 3. The van der Waals surface area contributed by atoms with Gasteiger partial charge in [-0.25, -0.2) is 4.68 Å². The van der Waals surface area contributed by atoms with Crippen molar-refractivity contribution in [2.24, 2.45) is 0 Å². The molecule has 1 saturated heterocycles. The minimum Gasteiger partial charge on any atom is -0.388 e. The van der Waals surface area contributed by atoms with Gasteiger partial charge in [0.05, 0.1) is 18.0 Å². The van der Waals surface area contributed by atoms with Crippen LogP contribution in [0, 0.1) is 0 Å². The van der Waals surface area contributed by atoms with E-state index in [0.717, 1.165) is 12.1 Å². The van der Waals surface area contributed by atoms with Crippen LogP contribution in [0.4, 0.5) is 0 Å². The largest absolute Gasteiger partial charge is 0.388 e. The Morgan fingerprint density at radius 1 is 1.29 bits per heavy atom. The lowest BCUT2D eigenvalue weighted by atomic mass is 9.99. The van der Waals surface area contributed by atoms with E-state index in [0.29, 0.717) is 0 Å². The Hall–Kier alpha value is -1.02. The Morgan fingerprint density at radius 2 is 2.00 bits per heavy atom. The number of rotatable bonds is 2. The van der Waals surface area contributed by atoms with Crippen LogP contribution in [0.15, 0.2) is 6.20 Å². The highest BCUT2D eigenvalue weighted by atomic mass is 16.5. The highest BCUT2D eigenvalue weighted by Crippen LogP contribution is 2.27. The number of aryl methyl sites for hydroxylation is 1. The average Bonchev–Trinajstić information content (AvgIpc) is 2.79. The third kappa shape index (κ3) is 2.19. The van der Waals surface area contributed by atoms with Crippen molar-refractivity contribution < 1.29 is 20.1 Å². The van der Waals surface area contributed by atoms with Crippen LogP contribution in [-0.2, 0) is 11.2 Å². The minimum atomic E-state index is -1.25. The quantitative estimate of drug-likeness (QED) is 0.606. The fourth-order valence-electron chi connectivity index (χ4n) is 1.85. The van der Waals surface area contributed by atoms with E-state index in [4.69, 9.17) is 4.74 Å². The number of aliphatic hydroxyl groups excluding tert-OH is 3. The molecule has 5 atom stereocenters. The van der Waals surface area contributed by atoms with Crippen LogP contribution in [-0.4, -0.2) is 54.7 Å². The van der Waals surface area contributed by atoms with Gasteiger partial charge in [0.15, 0.2) is 6.23 Å². The van der Waals surface area contributed by atoms with E-state index in [1.807, 2.05) is 6.92 Å². The maximum absolute atomic E-state index is 9.84. The molecule has 0 bridgehead atoms. The first kappa shape index (κ1) is 12.4.